The number of hydrogen-bond donors (Lipinski definition) is 2. The molecule has 0 saturated carbocycles. The van der Waals surface area contributed by atoms with Gasteiger partial charge in [-0.25, -0.2) is 0 Å². The highest BCUT2D eigenvalue weighted by Crippen LogP contribution is 2.27. The standard InChI is InChI=1S/C10H11BN2O4/c1-5-7(11)3-4-8(9(5)13(16)17)12-6(2)10(14)15/h3-4,6,12H,1-2H3,(H,14,15). The average Bonchev–Trinajstić information content (AvgIpc) is 2.22. The van der Waals surface area contributed by atoms with Crippen LogP contribution in [0.3, 0.4) is 0 Å². The van der Waals surface area contributed by atoms with Gasteiger partial charge in [-0.2, -0.15) is 0 Å². The molecule has 0 aliphatic carbocycles. The van der Waals surface area contributed by atoms with Gasteiger partial charge in [0, 0.05) is 5.56 Å². The lowest BCUT2D eigenvalue weighted by molar-refractivity contribution is -0.384. The van der Waals surface area contributed by atoms with Gasteiger partial charge >= 0.3 is 5.97 Å². The fourth-order valence-electron chi connectivity index (χ4n) is 1.36. The second-order valence-corrected chi connectivity index (χ2v) is 3.64. The van der Waals surface area contributed by atoms with Gasteiger partial charge in [0.15, 0.2) is 0 Å². The molecule has 0 aromatic heterocycles. The maximum atomic E-state index is 10.9. The zero-order chi connectivity index (χ0) is 13.2. The van der Waals surface area contributed by atoms with E-state index in [-0.39, 0.29) is 11.4 Å². The third-order valence-electron chi connectivity index (χ3n) is 2.40. The molecule has 6 nitrogen and oxygen atoms in total. The summed E-state index contributed by atoms with van der Waals surface area (Å²) in [5.74, 6) is -1.09. The Hall–Kier alpha value is -2.05. The summed E-state index contributed by atoms with van der Waals surface area (Å²) < 4.78 is 0. The van der Waals surface area contributed by atoms with Crippen molar-refractivity contribution in [3.05, 3.63) is 27.8 Å². The number of anilines is 1. The molecule has 1 rings (SSSR count). The van der Waals surface area contributed by atoms with Gasteiger partial charge in [0.05, 0.1) is 4.92 Å². The van der Waals surface area contributed by atoms with E-state index in [1.165, 1.54) is 26.0 Å². The maximum Gasteiger partial charge on any atom is 0.325 e. The van der Waals surface area contributed by atoms with E-state index >= 15 is 0 Å². The first-order valence-corrected chi connectivity index (χ1v) is 4.87. The molecule has 17 heavy (non-hydrogen) atoms. The number of carboxylic acid groups (broad SMARTS) is 1. The van der Waals surface area contributed by atoms with Crippen molar-refractivity contribution in [3.63, 3.8) is 0 Å². The Morgan fingerprint density at radius 2 is 2.18 bits per heavy atom. The highest BCUT2D eigenvalue weighted by atomic mass is 16.6. The first-order valence-electron chi connectivity index (χ1n) is 4.87. The van der Waals surface area contributed by atoms with Crippen molar-refractivity contribution in [3.8, 4) is 0 Å². The minimum atomic E-state index is -1.09. The minimum Gasteiger partial charge on any atom is -0.480 e. The van der Waals surface area contributed by atoms with E-state index in [4.69, 9.17) is 13.0 Å². The van der Waals surface area contributed by atoms with Crippen LogP contribution in [0.4, 0.5) is 11.4 Å². The summed E-state index contributed by atoms with van der Waals surface area (Å²) in [5.41, 5.74) is 0.567. The van der Waals surface area contributed by atoms with E-state index in [1.807, 2.05) is 0 Å². The number of nitro groups is 1. The maximum absolute atomic E-state index is 10.9. The average molecular weight is 234 g/mol. The highest BCUT2D eigenvalue weighted by Gasteiger charge is 2.21. The predicted molar refractivity (Wildman–Crippen MR) is 63.9 cm³/mol. The molecule has 1 unspecified atom stereocenters. The van der Waals surface area contributed by atoms with E-state index in [9.17, 15) is 14.9 Å². The van der Waals surface area contributed by atoms with Crippen molar-refractivity contribution in [2.75, 3.05) is 5.32 Å². The van der Waals surface area contributed by atoms with Crippen LogP contribution in [0.1, 0.15) is 12.5 Å². The first-order chi connectivity index (χ1) is 7.84. The third-order valence-corrected chi connectivity index (χ3v) is 2.40. The van der Waals surface area contributed by atoms with Gasteiger partial charge in [0.1, 0.15) is 19.6 Å². The quantitative estimate of drug-likeness (QED) is 0.451. The number of nitro benzene ring substituents is 1. The number of nitrogens with one attached hydrogen (secondary N) is 1. The summed E-state index contributed by atoms with van der Waals surface area (Å²) >= 11 is 0. The molecule has 0 aliphatic heterocycles. The number of hydrogen-bond acceptors (Lipinski definition) is 4. The van der Waals surface area contributed by atoms with Gasteiger partial charge in [-0.15, -0.1) is 0 Å². The molecule has 2 radical (unpaired) electrons. The molecule has 1 atom stereocenters. The molecule has 0 saturated heterocycles. The lowest BCUT2D eigenvalue weighted by Crippen LogP contribution is -2.26. The molecular formula is C10H11BN2O4. The Morgan fingerprint density at radius 3 is 2.65 bits per heavy atom. The third kappa shape index (κ3) is 2.75. The summed E-state index contributed by atoms with van der Waals surface area (Å²) in [6, 6.07) is 1.98. The second-order valence-electron chi connectivity index (χ2n) is 3.64. The van der Waals surface area contributed by atoms with Crippen LogP contribution in [0.5, 0.6) is 0 Å². The highest BCUT2D eigenvalue weighted by molar-refractivity contribution is 6.33. The van der Waals surface area contributed by atoms with Crippen LogP contribution in [-0.4, -0.2) is 29.9 Å². The number of rotatable bonds is 4. The number of nitrogens with zero attached hydrogens (tertiary/aromatic N) is 1. The Labute approximate surface area is 99.2 Å². The fraction of sp³-hybridized carbons (Fsp3) is 0.300. The van der Waals surface area contributed by atoms with Crippen molar-refractivity contribution in [2.45, 2.75) is 19.9 Å². The zero-order valence-corrected chi connectivity index (χ0v) is 9.43. The van der Waals surface area contributed by atoms with E-state index in [0.29, 0.717) is 11.0 Å². The van der Waals surface area contributed by atoms with Crippen molar-refractivity contribution in [1.82, 2.24) is 0 Å². The molecule has 1 aromatic carbocycles. The van der Waals surface area contributed by atoms with E-state index in [2.05, 4.69) is 5.32 Å². The molecule has 0 bridgehead atoms. The Morgan fingerprint density at radius 1 is 1.59 bits per heavy atom. The molecule has 7 heteroatoms. The molecule has 2 N–H and O–H groups in total. The fourth-order valence-corrected chi connectivity index (χ4v) is 1.36. The second kappa shape index (κ2) is 4.86. The number of carbonyl (C=O) groups is 1. The molecule has 1 aromatic rings. The topological polar surface area (TPSA) is 92.5 Å². The van der Waals surface area contributed by atoms with Crippen LogP contribution in [0.15, 0.2) is 12.1 Å². The van der Waals surface area contributed by atoms with Crippen LogP contribution >= 0.6 is 0 Å². The summed E-state index contributed by atoms with van der Waals surface area (Å²) in [6.45, 7) is 2.92. The lowest BCUT2D eigenvalue weighted by Gasteiger charge is -2.13. The zero-order valence-electron chi connectivity index (χ0n) is 9.43. The lowest BCUT2D eigenvalue weighted by atomic mass is 9.89. The monoisotopic (exact) mass is 234 g/mol. The molecular weight excluding hydrogens is 223 g/mol. The number of carboxylic acids is 1. The SMILES string of the molecule is [B]c1ccc(NC(C)C(=O)O)c([N+](=O)[O-])c1C. The summed E-state index contributed by atoms with van der Waals surface area (Å²) in [7, 11) is 5.57. The van der Waals surface area contributed by atoms with Crippen molar-refractivity contribution >= 4 is 30.7 Å². The van der Waals surface area contributed by atoms with Crippen molar-refractivity contribution < 1.29 is 14.8 Å². The Bertz CT molecular complexity index is 476. The van der Waals surface area contributed by atoms with Gasteiger partial charge in [0.25, 0.3) is 5.69 Å². The molecule has 0 amide bonds. The Balaban J connectivity index is 3.20. The summed E-state index contributed by atoms with van der Waals surface area (Å²) in [6.07, 6.45) is 0. The normalized spacial score (nSPS) is 11.9. The van der Waals surface area contributed by atoms with Crippen LogP contribution < -0.4 is 10.8 Å². The van der Waals surface area contributed by atoms with Gasteiger partial charge in [0.2, 0.25) is 0 Å². The first kappa shape index (κ1) is 13.0. The van der Waals surface area contributed by atoms with E-state index < -0.39 is 16.9 Å². The van der Waals surface area contributed by atoms with Gasteiger partial charge < -0.3 is 10.4 Å². The molecule has 0 spiro atoms. The molecule has 0 heterocycles. The van der Waals surface area contributed by atoms with Gasteiger partial charge in [-0.1, -0.05) is 11.5 Å². The number of benzene rings is 1. The van der Waals surface area contributed by atoms with Crippen molar-refractivity contribution in [2.24, 2.45) is 0 Å². The minimum absolute atomic E-state index is 0.150. The van der Waals surface area contributed by atoms with Crippen molar-refractivity contribution in [1.29, 1.82) is 0 Å². The molecule has 0 fully saturated rings. The van der Waals surface area contributed by atoms with E-state index in [1.54, 1.807) is 0 Å². The smallest absolute Gasteiger partial charge is 0.325 e. The van der Waals surface area contributed by atoms with Crippen LogP contribution in [0.25, 0.3) is 0 Å². The molecule has 88 valence electrons. The molecule has 0 aliphatic rings. The van der Waals surface area contributed by atoms with Crippen LogP contribution in [-0.2, 0) is 4.79 Å². The predicted octanol–water partition coefficient (Wildman–Crippen LogP) is 0.582. The van der Waals surface area contributed by atoms with Gasteiger partial charge in [-0.05, 0) is 19.9 Å². The van der Waals surface area contributed by atoms with Crippen LogP contribution in [0.2, 0.25) is 0 Å². The Kier molecular flexibility index (Phi) is 3.72. The largest absolute Gasteiger partial charge is 0.480 e. The van der Waals surface area contributed by atoms with E-state index in [0.717, 1.165) is 0 Å². The summed E-state index contributed by atoms with van der Waals surface area (Å²) in [5, 5.41) is 22.2. The van der Waals surface area contributed by atoms with Gasteiger partial charge in [-0.3, -0.25) is 14.9 Å². The van der Waals surface area contributed by atoms with Crippen LogP contribution in [0, 0.1) is 17.0 Å². The number of aliphatic carboxylic acids is 1. The summed E-state index contributed by atoms with van der Waals surface area (Å²) in [4.78, 5) is 21.0.